The number of unbranched alkanes of at least 4 members (excludes halogenated alkanes) is 30. The molecule has 0 aromatic heterocycles. The van der Waals surface area contributed by atoms with E-state index in [1.807, 2.05) is 13.8 Å². The summed E-state index contributed by atoms with van der Waals surface area (Å²) in [7, 11) is 0. The van der Waals surface area contributed by atoms with Crippen LogP contribution in [0.5, 0.6) is 0 Å². The molecule has 0 radical (unpaired) electrons. The summed E-state index contributed by atoms with van der Waals surface area (Å²) in [6.07, 6.45) is 42.9. The molecule has 0 aliphatic heterocycles. The second-order valence-electron chi connectivity index (χ2n) is 15.7. The third kappa shape index (κ3) is 29.6. The SMILES string of the molecule is CCCCCCCCCCCCCCCCCCC(CCCCCCCCCCCCCCCCCC)(C(=O)[O-])C(C)SC(C)CC(=O)[O-]. The number of carbonyl (C=O) groups is 2. The largest absolute Gasteiger partial charge is 0.550 e. The Bertz CT molecular complexity index is 690. The third-order valence-electron chi connectivity index (χ3n) is 11.0. The van der Waals surface area contributed by atoms with E-state index >= 15 is 0 Å². The van der Waals surface area contributed by atoms with E-state index in [1.165, 1.54) is 192 Å². The van der Waals surface area contributed by atoms with Crippen molar-refractivity contribution in [2.45, 2.75) is 263 Å². The standard InChI is InChI=1S/C44H86O4S/c1-5-7-9-11-13-15-17-19-21-23-25-27-29-31-33-35-37-44(43(47)48,41(4)49-40(3)39-42(45)46)38-36-34-32-30-28-26-24-22-20-18-16-14-12-10-8-6-2/h40-41H,5-39H2,1-4H3,(H,45,46)(H,47,48)/p-2. The molecule has 5 heteroatoms. The first-order chi connectivity index (χ1) is 23.8. The van der Waals surface area contributed by atoms with Crippen molar-refractivity contribution in [3.63, 3.8) is 0 Å². The van der Waals surface area contributed by atoms with Gasteiger partial charge in [0.1, 0.15) is 0 Å². The van der Waals surface area contributed by atoms with Gasteiger partial charge in [-0.25, -0.2) is 0 Å². The van der Waals surface area contributed by atoms with Gasteiger partial charge < -0.3 is 19.8 Å². The molecule has 0 rings (SSSR count). The molecule has 0 heterocycles. The van der Waals surface area contributed by atoms with Gasteiger partial charge >= 0.3 is 0 Å². The number of hydrogen-bond acceptors (Lipinski definition) is 5. The number of carboxylic acids is 2. The van der Waals surface area contributed by atoms with Gasteiger partial charge in [0.2, 0.25) is 0 Å². The van der Waals surface area contributed by atoms with E-state index in [1.54, 1.807) is 0 Å². The Morgan fingerprint density at radius 2 is 0.694 bits per heavy atom. The van der Waals surface area contributed by atoms with Crippen LogP contribution in [0.4, 0.5) is 0 Å². The van der Waals surface area contributed by atoms with Crippen LogP contribution in [0.25, 0.3) is 0 Å². The second kappa shape index (κ2) is 35.7. The summed E-state index contributed by atoms with van der Waals surface area (Å²) in [5.41, 5.74) is -0.892. The van der Waals surface area contributed by atoms with Gasteiger partial charge in [-0.2, -0.15) is 11.8 Å². The molecule has 0 N–H and O–H groups in total. The van der Waals surface area contributed by atoms with Crippen molar-refractivity contribution in [1.29, 1.82) is 0 Å². The molecule has 0 bridgehead atoms. The van der Waals surface area contributed by atoms with Gasteiger partial charge in [-0.1, -0.05) is 233 Å². The minimum absolute atomic E-state index is 0.0454. The monoisotopic (exact) mass is 709 g/mol. The lowest BCUT2D eigenvalue weighted by atomic mass is 9.75. The van der Waals surface area contributed by atoms with Crippen molar-refractivity contribution in [2.24, 2.45) is 5.41 Å². The van der Waals surface area contributed by atoms with Crippen LogP contribution in [-0.2, 0) is 9.59 Å². The molecule has 0 aliphatic rings. The topological polar surface area (TPSA) is 80.3 Å². The Morgan fingerprint density at radius 1 is 0.449 bits per heavy atom. The van der Waals surface area contributed by atoms with Crippen molar-refractivity contribution in [3.8, 4) is 0 Å². The van der Waals surface area contributed by atoms with Crippen LogP contribution in [0.2, 0.25) is 0 Å². The maximum absolute atomic E-state index is 12.8. The molecule has 0 spiro atoms. The lowest BCUT2D eigenvalue weighted by Crippen LogP contribution is -2.48. The van der Waals surface area contributed by atoms with Gasteiger partial charge in [0.25, 0.3) is 0 Å². The van der Waals surface area contributed by atoms with E-state index in [9.17, 15) is 19.8 Å². The maximum Gasteiger partial charge on any atom is 0.0487 e. The maximum atomic E-state index is 12.8. The van der Waals surface area contributed by atoms with E-state index in [0.29, 0.717) is 12.8 Å². The molecule has 0 aromatic carbocycles. The molecule has 4 nitrogen and oxygen atoms in total. The van der Waals surface area contributed by atoms with Gasteiger partial charge in [-0.05, 0) is 19.3 Å². The number of rotatable bonds is 40. The van der Waals surface area contributed by atoms with Gasteiger partial charge in [0, 0.05) is 27.9 Å². The highest BCUT2D eigenvalue weighted by atomic mass is 32.2. The fourth-order valence-electron chi connectivity index (χ4n) is 7.64. The first kappa shape index (κ1) is 48.3. The minimum atomic E-state index is -1.07. The van der Waals surface area contributed by atoms with Crippen LogP contribution in [0.3, 0.4) is 0 Å². The molecule has 2 unspecified atom stereocenters. The fraction of sp³-hybridized carbons (Fsp3) is 0.955. The van der Waals surface area contributed by atoms with Crippen LogP contribution in [0, 0.1) is 5.41 Å². The van der Waals surface area contributed by atoms with Crippen molar-refractivity contribution in [2.75, 3.05) is 0 Å². The highest BCUT2D eigenvalue weighted by Crippen LogP contribution is 2.43. The van der Waals surface area contributed by atoms with E-state index in [2.05, 4.69) is 13.8 Å². The van der Waals surface area contributed by atoms with Gasteiger partial charge in [-0.15, -0.1) is 0 Å². The number of aliphatic carboxylic acids is 2. The van der Waals surface area contributed by atoms with Crippen LogP contribution in [0.1, 0.15) is 252 Å². The summed E-state index contributed by atoms with van der Waals surface area (Å²) in [6, 6.07) is 0. The Kier molecular flexibility index (Phi) is 35.2. The summed E-state index contributed by atoms with van der Waals surface area (Å²) in [4.78, 5) is 24.0. The third-order valence-corrected chi connectivity index (χ3v) is 12.5. The van der Waals surface area contributed by atoms with E-state index in [0.717, 1.165) is 25.7 Å². The molecule has 0 aromatic rings. The van der Waals surface area contributed by atoms with E-state index < -0.39 is 17.4 Å². The number of hydrogen-bond donors (Lipinski definition) is 0. The average Bonchev–Trinajstić information content (AvgIpc) is 3.06. The highest BCUT2D eigenvalue weighted by Gasteiger charge is 2.38. The smallest absolute Gasteiger partial charge is 0.0487 e. The van der Waals surface area contributed by atoms with Gasteiger partial charge in [0.15, 0.2) is 0 Å². The quantitative estimate of drug-likeness (QED) is 0.0592. The molecular weight excluding hydrogens is 625 g/mol. The zero-order chi connectivity index (χ0) is 36.3. The van der Waals surface area contributed by atoms with Crippen molar-refractivity contribution >= 4 is 23.7 Å². The first-order valence-corrected chi connectivity index (χ1v) is 22.8. The predicted molar refractivity (Wildman–Crippen MR) is 212 cm³/mol. The van der Waals surface area contributed by atoms with Crippen LogP contribution in [0.15, 0.2) is 0 Å². The second-order valence-corrected chi connectivity index (χ2v) is 17.5. The molecule has 0 aliphatic carbocycles. The Hall–Kier alpha value is -0.710. The predicted octanol–water partition coefficient (Wildman–Crippen LogP) is 12.7. The molecule has 292 valence electrons. The Balaban J connectivity index is 4.34. The fourth-order valence-corrected chi connectivity index (χ4v) is 9.16. The molecule has 49 heavy (non-hydrogen) atoms. The number of carboxylic acid groups (broad SMARTS) is 2. The summed E-state index contributed by atoms with van der Waals surface area (Å²) in [5.74, 6) is -2.00. The zero-order valence-corrected chi connectivity index (χ0v) is 34.3. The summed E-state index contributed by atoms with van der Waals surface area (Å²) >= 11 is 1.50. The van der Waals surface area contributed by atoms with Crippen molar-refractivity contribution in [1.82, 2.24) is 0 Å². The molecule has 0 saturated carbocycles. The molecule has 0 saturated heterocycles. The van der Waals surface area contributed by atoms with Crippen LogP contribution < -0.4 is 10.2 Å². The van der Waals surface area contributed by atoms with Crippen molar-refractivity contribution < 1.29 is 19.8 Å². The molecule has 2 atom stereocenters. The first-order valence-electron chi connectivity index (χ1n) is 21.9. The highest BCUT2D eigenvalue weighted by molar-refractivity contribution is 8.00. The zero-order valence-electron chi connectivity index (χ0n) is 33.4. The van der Waals surface area contributed by atoms with Crippen molar-refractivity contribution in [3.05, 3.63) is 0 Å². The van der Waals surface area contributed by atoms with E-state index in [-0.39, 0.29) is 16.9 Å². The van der Waals surface area contributed by atoms with Crippen LogP contribution in [-0.4, -0.2) is 22.4 Å². The Morgan fingerprint density at radius 3 is 0.918 bits per heavy atom. The summed E-state index contributed by atoms with van der Waals surface area (Å²) in [5, 5.41) is 23.6. The Labute approximate surface area is 310 Å². The lowest BCUT2D eigenvalue weighted by Gasteiger charge is -2.41. The summed E-state index contributed by atoms with van der Waals surface area (Å²) in [6.45, 7) is 8.42. The van der Waals surface area contributed by atoms with E-state index in [4.69, 9.17) is 0 Å². The molecular formula is C44H84O4S-2. The minimum Gasteiger partial charge on any atom is -0.550 e. The molecule has 0 fully saturated rings. The van der Waals surface area contributed by atoms with Crippen LogP contribution >= 0.6 is 11.8 Å². The lowest BCUT2D eigenvalue weighted by molar-refractivity contribution is -0.320. The average molecular weight is 709 g/mol. The normalized spacial score (nSPS) is 13.1. The number of thioether (sulfide) groups is 1. The number of carbonyl (C=O) groups excluding carboxylic acids is 2. The van der Waals surface area contributed by atoms with Gasteiger partial charge in [0.05, 0.1) is 0 Å². The molecule has 0 amide bonds. The summed E-state index contributed by atoms with van der Waals surface area (Å²) < 4.78 is 0. The van der Waals surface area contributed by atoms with Gasteiger partial charge in [-0.3, -0.25) is 0 Å².